The van der Waals surface area contributed by atoms with Crippen molar-refractivity contribution >= 4 is 28.5 Å². The zero-order valence-corrected chi connectivity index (χ0v) is 18.6. The zero-order valence-electron chi connectivity index (χ0n) is 18.6. The van der Waals surface area contributed by atoms with Gasteiger partial charge in [-0.1, -0.05) is 18.2 Å². The molecule has 2 heterocycles. The summed E-state index contributed by atoms with van der Waals surface area (Å²) in [6.07, 6.45) is 7.11. The number of nitrogens with one attached hydrogen (secondary N) is 2. The Kier molecular flexibility index (Phi) is 5.60. The third kappa shape index (κ3) is 4.47. The molecule has 1 aliphatic carbocycles. The molecule has 33 heavy (non-hydrogen) atoms. The number of carbonyl (C=O) groups is 1. The maximum atomic E-state index is 13.6. The molecule has 0 unspecified atom stereocenters. The van der Waals surface area contributed by atoms with Gasteiger partial charge in [0.05, 0.1) is 5.57 Å². The van der Waals surface area contributed by atoms with Crippen LogP contribution in [0.25, 0.3) is 5.57 Å². The molecular formula is C27H27FN4O. The number of nitrogen functional groups attached to an aromatic ring is 1. The summed E-state index contributed by atoms with van der Waals surface area (Å²) in [7, 11) is 0. The van der Waals surface area contributed by atoms with E-state index in [1.807, 2.05) is 31.2 Å². The molecule has 4 N–H and O–H groups in total. The smallest absolute Gasteiger partial charge is 0.258 e. The maximum Gasteiger partial charge on any atom is 0.258 e. The molecule has 1 amide bonds. The quantitative estimate of drug-likeness (QED) is 0.439. The Morgan fingerprint density at radius 2 is 1.97 bits per heavy atom. The van der Waals surface area contributed by atoms with Crippen molar-refractivity contribution < 1.29 is 9.18 Å². The molecule has 0 aromatic heterocycles. The van der Waals surface area contributed by atoms with E-state index in [2.05, 4.69) is 33.7 Å². The number of halogens is 1. The average Bonchev–Trinajstić information content (AvgIpc) is 2.99. The number of fused-ring (bicyclic) bond motifs is 2. The minimum Gasteiger partial charge on any atom is -0.399 e. The first-order valence-corrected chi connectivity index (χ1v) is 11.2. The van der Waals surface area contributed by atoms with E-state index in [4.69, 9.17) is 5.73 Å². The van der Waals surface area contributed by atoms with Gasteiger partial charge in [-0.2, -0.15) is 0 Å². The Morgan fingerprint density at radius 1 is 1.15 bits per heavy atom. The number of hydrogen-bond acceptors (Lipinski definition) is 4. The van der Waals surface area contributed by atoms with Crippen molar-refractivity contribution in [1.82, 2.24) is 4.90 Å². The van der Waals surface area contributed by atoms with Crippen LogP contribution in [0.5, 0.6) is 0 Å². The van der Waals surface area contributed by atoms with Crippen LogP contribution in [-0.4, -0.2) is 23.9 Å². The lowest BCUT2D eigenvalue weighted by atomic mass is 9.95. The van der Waals surface area contributed by atoms with Crippen molar-refractivity contribution in [3.63, 3.8) is 0 Å². The first-order valence-electron chi connectivity index (χ1n) is 11.2. The van der Waals surface area contributed by atoms with E-state index in [9.17, 15) is 9.18 Å². The van der Waals surface area contributed by atoms with Crippen LogP contribution in [0.4, 0.5) is 21.5 Å². The highest BCUT2D eigenvalue weighted by Gasteiger charge is 2.26. The summed E-state index contributed by atoms with van der Waals surface area (Å²) >= 11 is 0. The van der Waals surface area contributed by atoms with E-state index >= 15 is 0 Å². The first kappa shape index (κ1) is 21.2. The highest BCUT2D eigenvalue weighted by atomic mass is 19.1. The molecule has 0 radical (unpaired) electrons. The number of benzene rings is 2. The molecule has 0 saturated heterocycles. The Morgan fingerprint density at radius 3 is 2.79 bits per heavy atom. The van der Waals surface area contributed by atoms with E-state index in [1.54, 1.807) is 18.2 Å². The van der Waals surface area contributed by atoms with Gasteiger partial charge < -0.3 is 16.4 Å². The molecule has 0 fully saturated rings. The third-order valence-corrected chi connectivity index (χ3v) is 6.39. The topological polar surface area (TPSA) is 70.4 Å². The van der Waals surface area contributed by atoms with Gasteiger partial charge in [0.15, 0.2) is 0 Å². The van der Waals surface area contributed by atoms with Gasteiger partial charge in [-0.15, -0.1) is 0 Å². The van der Waals surface area contributed by atoms with E-state index in [-0.39, 0.29) is 11.7 Å². The van der Waals surface area contributed by atoms with Crippen LogP contribution in [0.1, 0.15) is 30.9 Å². The second-order valence-electron chi connectivity index (χ2n) is 8.76. The van der Waals surface area contributed by atoms with E-state index in [0.717, 1.165) is 54.3 Å². The van der Waals surface area contributed by atoms with Gasteiger partial charge in [-0.3, -0.25) is 9.69 Å². The van der Waals surface area contributed by atoms with Crippen LogP contribution in [0.15, 0.2) is 83.4 Å². The van der Waals surface area contributed by atoms with Crippen LogP contribution < -0.4 is 16.4 Å². The normalized spacial score (nSPS) is 19.5. The Balaban J connectivity index is 1.26. The maximum absolute atomic E-state index is 13.6. The van der Waals surface area contributed by atoms with Gasteiger partial charge in [0, 0.05) is 48.0 Å². The number of nitrogens with zero attached hydrogens (tertiary/aromatic N) is 1. The number of anilines is 3. The summed E-state index contributed by atoms with van der Waals surface area (Å²) in [6.45, 7) is 4.51. The van der Waals surface area contributed by atoms with Crippen molar-refractivity contribution in [2.24, 2.45) is 0 Å². The van der Waals surface area contributed by atoms with E-state index in [0.29, 0.717) is 17.7 Å². The molecule has 168 valence electrons. The van der Waals surface area contributed by atoms with Crippen LogP contribution in [-0.2, 0) is 11.3 Å². The summed E-state index contributed by atoms with van der Waals surface area (Å²) in [5.41, 5.74) is 14.0. The number of amides is 1. The van der Waals surface area contributed by atoms with Crippen molar-refractivity contribution in [3.05, 3.63) is 94.5 Å². The molecule has 3 aliphatic rings. The lowest BCUT2D eigenvalue weighted by molar-refractivity contribution is -0.110. The molecular weight excluding hydrogens is 415 g/mol. The van der Waals surface area contributed by atoms with Gasteiger partial charge in [0.2, 0.25) is 0 Å². The van der Waals surface area contributed by atoms with Gasteiger partial charge >= 0.3 is 0 Å². The van der Waals surface area contributed by atoms with E-state index in [1.165, 1.54) is 11.1 Å². The van der Waals surface area contributed by atoms with Crippen molar-refractivity contribution in [2.45, 2.75) is 26.3 Å². The number of hydrogen-bond donors (Lipinski definition) is 3. The summed E-state index contributed by atoms with van der Waals surface area (Å²) in [5, 5.41) is 6.25. The van der Waals surface area contributed by atoms with Crippen LogP contribution in [0.2, 0.25) is 0 Å². The molecule has 0 atom stereocenters. The second kappa shape index (κ2) is 8.71. The minimum absolute atomic E-state index is 0.119. The molecule has 0 bridgehead atoms. The molecule has 6 heteroatoms. The zero-order chi connectivity index (χ0) is 22.9. The Labute approximate surface area is 193 Å². The lowest BCUT2D eigenvalue weighted by Crippen LogP contribution is -2.23. The van der Waals surface area contributed by atoms with Gasteiger partial charge in [0.1, 0.15) is 5.83 Å². The van der Waals surface area contributed by atoms with Crippen molar-refractivity contribution in [3.8, 4) is 0 Å². The predicted molar refractivity (Wildman–Crippen MR) is 132 cm³/mol. The number of carbonyl (C=O) groups excluding carboxylic acids is 1. The first-order chi connectivity index (χ1) is 16.0. The summed E-state index contributed by atoms with van der Waals surface area (Å²) in [6, 6.07) is 13.7. The summed E-state index contributed by atoms with van der Waals surface area (Å²) < 4.78 is 13.6. The van der Waals surface area contributed by atoms with Crippen molar-refractivity contribution in [2.75, 3.05) is 29.5 Å². The average molecular weight is 443 g/mol. The largest absolute Gasteiger partial charge is 0.399 e. The highest BCUT2D eigenvalue weighted by molar-refractivity contribution is 6.32. The van der Waals surface area contributed by atoms with Gasteiger partial charge in [0.25, 0.3) is 5.91 Å². The Bertz CT molecular complexity index is 1240. The SMILES string of the molecule is C/C(Nc1ccc(CN2CC=C3CC=C(F)C=C3CC2)cc1)=C1/C(=O)Nc2ccc(N)cc21. The molecule has 2 aliphatic heterocycles. The molecule has 2 aromatic rings. The van der Waals surface area contributed by atoms with Crippen LogP contribution >= 0.6 is 0 Å². The lowest BCUT2D eigenvalue weighted by Gasteiger charge is -2.19. The molecule has 0 spiro atoms. The molecule has 0 saturated carbocycles. The molecule has 2 aromatic carbocycles. The van der Waals surface area contributed by atoms with Gasteiger partial charge in [-0.25, -0.2) is 4.39 Å². The summed E-state index contributed by atoms with van der Waals surface area (Å²) in [5.74, 6) is -0.246. The fourth-order valence-corrected chi connectivity index (χ4v) is 4.64. The third-order valence-electron chi connectivity index (χ3n) is 6.39. The second-order valence-corrected chi connectivity index (χ2v) is 8.76. The van der Waals surface area contributed by atoms with Crippen LogP contribution in [0, 0.1) is 0 Å². The summed E-state index contributed by atoms with van der Waals surface area (Å²) in [4.78, 5) is 14.9. The fraction of sp³-hybridized carbons (Fsp3) is 0.222. The van der Waals surface area contributed by atoms with Crippen molar-refractivity contribution in [1.29, 1.82) is 0 Å². The Hall–Kier alpha value is -3.64. The number of nitrogens with two attached hydrogens (primary N) is 1. The predicted octanol–water partition coefficient (Wildman–Crippen LogP) is 5.38. The van der Waals surface area contributed by atoms with E-state index < -0.39 is 0 Å². The highest BCUT2D eigenvalue weighted by Crippen LogP contribution is 2.35. The number of allylic oxidation sites excluding steroid dienone is 5. The molecule has 5 nitrogen and oxygen atoms in total. The standard InChI is InChI=1S/C27H27FN4O/c1-17(26-24-15-22(29)6-9-25(24)31-27(26)33)30-23-7-2-18(3-8-23)16-32-12-10-19-4-5-21(28)14-20(19)11-13-32/h2-3,5-10,14-15,30H,4,11-13,16,29H2,1H3,(H,31,33)/b26-17-. The fourth-order valence-electron chi connectivity index (χ4n) is 4.64. The van der Waals surface area contributed by atoms with Gasteiger partial charge in [-0.05, 0) is 79.0 Å². The molecule has 5 rings (SSSR count). The monoisotopic (exact) mass is 442 g/mol. The minimum atomic E-state index is -0.127. The number of rotatable bonds is 4. The van der Waals surface area contributed by atoms with Crippen LogP contribution in [0.3, 0.4) is 0 Å².